The number of benzene rings is 1. The molecule has 0 N–H and O–H groups in total. The summed E-state index contributed by atoms with van der Waals surface area (Å²) in [4.78, 5) is 14.4. The van der Waals surface area contributed by atoms with Crippen LogP contribution >= 0.6 is 0 Å². The highest BCUT2D eigenvalue weighted by atomic mass is 32.2. The van der Waals surface area contributed by atoms with Crippen molar-refractivity contribution in [3.8, 4) is 5.75 Å². The molecule has 0 saturated carbocycles. The van der Waals surface area contributed by atoms with E-state index in [0.717, 1.165) is 18.2 Å². The van der Waals surface area contributed by atoms with Gasteiger partial charge >= 0.3 is 10.1 Å². The van der Waals surface area contributed by atoms with Gasteiger partial charge in [0.25, 0.3) is 0 Å². The number of carbonyl (C=O) groups excluding carboxylic acids is 1. The highest BCUT2D eigenvalue weighted by molar-refractivity contribution is 7.86. The van der Waals surface area contributed by atoms with Gasteiger partial charge in [-0.1, -0.05) is 32.9 Å². The van der Waals surface area contributed by atoms with Crippen molar-refractivity contribution in [2.24, 2.45) is 5.41 Å². The minimum Gasteiger partial charge on any atom is -0.385 e. The van der Waals surface area contributed by atoms with Crippen LogP contribution in [0, 0.1) is 5.41 Å². The third kappa shape index (κ3) is 7.31. The zero-order valence-corrected chi connectivity index (χ0v) is 15.9. The third-order valence-electron chi connectivity index (χ3n) is 3.25. The summed E-state index contributed by atoms with van der Waals surface area (Å²) in [7, 11) is -1.90. The molecule has 0 spiro atoms. The van der Waals surface area contributed by atoms with E-state index in [0.29, 0.717) is 19.7 Å². The predicted molar refractivity (Wildman–Crippen MR) is 93.3 cm³/mol. The standard InChI is InChI=1S/C17H27NO5S/c1-17(2,3)16(19)18(11-6-12-22-4)13-14-7-9-15(10-8-14)23-24(5,20)21/h7-10H,6,11-13H2,1-5H3. The van der Waals surface area contributed by atoms with Crippen molar-refractivity contribution >= 4 is 16.0 Å². The second-order valence-electron chi connectivity index (χ2n) is 6.75. The highest BCUT2D eigenvalue weighted by Gasteiger charge is 2.27. The lowest BCUT2D eigenvalue weighted by Crippen LogP contribution is -2.39. The first kappa shape index (κ1) is 20.4. The largest absolute Gasteiger partial charge is 0.385 e. The SMILES string of the molecule is COCCCN(Cc1ccc(OS(C)(=O)=O)cc1)C(=O)C(C)(C)C. The van der Waals surface area contributed by atoms with Crippen LogP contribution in [0.3, 0.4) is 0 Å². The fourth-order valence-corrected chi connectivity index (χ4v) is 2.63. The Bertz CT molecular complexity index is 632. The Hall–Kier alpha value is -1.60. The van der Waals surface area contributed by atoms with Gasteiger partial charge in [0.1, 0.15) is 5.75 Å². The molecule has 1 amide bonds. The third-order valence-corrected chi connectivity index (χ3v) is 3.74. The fourth-order valence-electron chi connectivity index (χ4n) is 2.17. The van der Waals surface area contributed by atoms with E-state index in [-0.39, 0.29) is 11.7 Å². The van der Waals surface area contributed by atoms with Crippen LogP contribution < -0.4 is 4.18 Å². The molecule has 1 aromatic rings. The maximum Gasteiger partial charge on any atom is 0.306 e. The van der Waals surface area contributed by atoms with Gasteiger partial charge in [-0.25, -0.2) is 0 Å². The summed E-state index contributed by atoms with van der Waals surface area (Å²) in [5, 5.41) is 0. The van der Waals surface area contributed by atoms with E-state index in [4.69, 9.17) is 8.92 Å². The molecule has 0 aliphatic carbocycles. The molecule has 6 nitrogen and oxygen atoms in total. The summed E-state index contributed by atoms with van der Waals surface area (Å²) < 4.78 is 32.1. The molecule has 0 heterocycles. The van der Waals surface area contributed by atoms with Gasteiger partial charge in [-0.2, -0.15) is 8.42 Å². The smallest absolute Gasteiger partial charge is 0.306 e. The number of hydrogen-bond acceptors (Lipinski definition) is 5. The highest BCUT2D eigenvalue weighted by Crippen LogP contribution is 2.21. The summed E-state index contributed by atoms with van der Waals surface area (Å²) in [5.41, 5.74) is 0.442. The maximum absolute atomic E-state index is 12.6. The Morgan fingerprint density at radius 1 is 1.17 bits per heavy atom. The Labute approximate surface area is 144 Å². The second kappa shape index (κ2) is 8.48. The Morgan fingerprint density at radius 3 is 2.21 bits per heavy atom. The molecule has 1 rings (SSSR count). The summed E-state index contributed by atoms with van der Waals surface area (Å²) in [6, 6.07) is 6.70. The first-order chi connectivity index (χ1) is 11.0. The van der Waals surface area contributed by atoms with E-state index in [1.807, 2.05) is 20.8 Å². The van der Waals surface area contributed by atoms with E-state index in [9.17, 15) is 13.2 Å². The molecule has 0 radical (unpaired) electrons. The number of rotatable bonds is 8. The van der Waals surface area contributed by atoms with Gasteiger partial charge in [-0.05, 0) is 24.1 Å². The molecule has 0 fully saturated rings. The fraction of sp³-hybridized carbons (Fsp3) is 0.588. The van der Waals surface area contributed by atoms with Gasteiger partial charge in [-0.15, -0.1) is 0 Å². The van der Waals surface area contributed by atoms with Crippen LogP contribution in [0.15, 0.2) is 24.3 Å². The van der Waals surface area contributed by atoms with Crippen LogP contribution in [-0.4, -0.2) is 45.7 Å². The van der Waals surface area contributed by atoms with Crippen molar-refractivity contribution in [1.82, 2.24) is 4.90 Å². The molecule has 1 aromatic carbocycles. The number of ether oxygens (including phenoxy) is 1. The van der Waals surface area contributed by atoms with Crippen LogP contribution in [0.1, 0.15) is 32.8 Å². The molecule has 0 aliphatic heterocycles. The van der Waals surface area contributed by atoms with Crippen LogP contribution in [0.4, 0.5) is 0 Å². The summed E-state index contributed by atoms with van der Waals surface area (Å²) in [6.07, 6.45) is 1.76. The molecule has 0 bridgehead atoms. The molecule has 0 aromatic heterocycles. The lowest BCUT2D eigenvalue weighted by Gasteiger charge is -2.29. The molecular formula is C17H27NO5S. The first-order valence-electron chi connectivity index (χ1n) is 7.79. The van der Waals surface area contributed by atoms with E-state index in [1.54, 1.807) is 36.3 Å². The first-order valence-corrected chi connectivity index (χ1v) is 9.61. The number of carbonyl (C=O) groups is 1. The van der Waals surface area contributed by atoms with E-state index in [1.165, 1.54) is 0 Å². The van der Waals surface area contributed by atoms with Crippen LogP contribution in [-0.2, 0) is 26.2 Å². The molecule has 24 heavy (non-hydrogen) atoms. The van der Waals surface area contributed by atoms with Gasteiger partial charge in [0.2, 0.25) is 5.91 Å². The number of methoxy groups -OCH3 is 1. The number of hydrogen-bond donors (Lipinski definition) is 0. The average molecular weight is 357 g/mol. The normalized spacial score (nSPS) is 12.0. The quantitative estimate of drug-likeness (QED) is 0.528. The molecule has 7 heteroatoms. The van der Waals surface area contributed by atoms with Gasteiger partial charge in [-0.3, -0.25) is 4.79 Å². The minimum absolute atomic E-state index is 0.0649. The van der Waals surface area contributed by atoms with E-state index in [2.05, 4.69) is 0 Å². The van der Waals surface area contributed by atoms with Crippen molar-refractivity contribution in [3.63, 3.8) is 0 Å². The summed E-state index contributed by atoms with van der Waals surface area (Å²) in [6.45, 7) is 7.32. The van der Waals surface area contributed by atoms with Crippen molar-refractivity contribution in [2.45, 2.75) is 33.7 Å². The van der Waals surface area contributed by atoms with Crippen molar-refractivity contribution in [3.05, 3.63) is 29.8 Å². The van der Waals surface area contributed by atoms with Gasteiger partial charge in [0.05, 0.1) is 6.26 Å². The van der Waals surface area contributed by atoms with Gasteiger partial charge < -0.3 is 13.8 Å². The second-order valence-corrected chi connectivity index (χ2v) is 8.33. The molecular weight excluding hydrogens is 330 g/mol. The topological polar surface area (TPSA) is 72.9 Å². The van der Waals surface area contributed by atoms with Gasteiger partial charge in [0.15, 0.2) is 0 Å². The van der Waals surface area contributed by atoms with Crippen molar-refractivity contribution in [2.75, 3.05) is 26.5 Å². The van der Waals surface area contributed by atoms with E-state index < -0.39 is 15.5 Å². The lowest BCUT2D eigenvalue weighted by atomic mass is 9.94. The molecule has 136 valence electrons. The maximum atomic E-state index is 12.6. The number of nitrogens with zero attached hydrogens (tertiary/aromatic N) is 1. The monoisotopic (exact) mass is 357 g/mol. The predicted octanol–water partition coefficient (Wildman–Crippen LogP) is 2.44. The summed E-state index contributed by atoms with van der Waals surface area (Å²) >= 11 is 0. The zero-order chi connectivity index (χ0) is 18.4. The van der Waals surface area contributed by atoms with Crippen LogP contribution in [0.25, 0.3) is 0 Å². The van der Waals surface area contributed by atoms with Crippen molar-refractivity contribution in [1.29, 1.82) is 0 Å². The van der Waals surface area contributed by atoms with Gasteiger partial charge in [0, 0.05) is 32.2 Å². The van der Waals surface area contributed by atoms with Crippen LogP contribution in [0.5, 0.6) is 5.75 Å². The Kier molecular flexibility index (Phi) is 7.23. The van der Waals surface area contributed by atoms with Crippen molar-refractivity contribution < 1.29 is 22.1 Å². The Morgan fingerprint density at radius 2 is 1.75 bits per heavy atom. The average Bonchev–Trinajstić information content (AvgIpc) is 2.45. The molecule has 0 aliphatic rings. The molecule has 0 saturated heterocycles. The van der Waals surface area contributed by atoms with Crippen LogP contribution in [0.2, 0.25) is 0 Å². The minimum atomic E-state index is -3.54. The molecule has 0 atom stereocenters. The lowest BCUT2D eigenvalue weighted by molar-refractivity contribution is -0.140. The zero-order valence-electron chi connectivity index (χ0n) is 15.0. The number of amides is 1. The molecule has 0 unspecified atom stereocenters. The van der Waals surface area contributed by atoms with E-state index >= 15 is 0 Å². The Balaban J connectivity index is 2.83. The summed E-state index contributed by atoms with van der Waals surface area (Å²) in [5.74, 6) is 0.324.